The van der Waals surface area contributed by atoms with Gasteiger partial charge < -0.3 is 0 Å². The average molecular weight is 200 g/mol. The molecular formula is C2H5BF3LiO4S. The molecule has 10 heteroatoms. The fourth-order valence-corrected chi connectivity index (χ4v) is 0. The van der Waals surface area contributed by atoms with Crippen LogP contribution in [0, 0.1) is 0 Å². The van der Waals surface area contributed by atoms with E-state index in [2.05, 4.69) is 6.58 Å². The zero-order chi connectivity index (χ0) is 10.8. The number of hydrogen-bond donors (Lipinski definition) is 2. The van der Waals surface area contributed by atoms with Crippen molar-refractivity contribution >= 4 is 35.7 Å². The first-order chi connectivity index (χ1) is 5.15. The number of rotatable bonds is 0. The van der Waals surface area contributed by atoms with Gasteiger partial charge in [0.05, 0.1) is 0 Å². The van der Waals surface area contributed by atoms with Crippen LogP contribution in [0.1, 0.15) is 0 Å². The molecule has 12 heavy (non-hydrogen) atoms. The molecule has 0 amide bonds. The minimum absolute atomic E-state index is 1.75. The summed E-state index contributed by atoms with van der Waals surface area (Å²) in [6, 6.07) is 0. The van der Waals surface area contributed by atoms with Gasteiger partial charge in [-0.2, -0.15) is 8.42 Å². The van der Waals surface area contributed by atoms with Gasteiger partial charge in [-0.3, -0.25) is 22.1 Å². The van der Waals surface area contributed by atoms with Crippen molar-refractivity contribution in [3.63, 3.8) is 0 Å². The number of hydrogen-bond acceptors (Lipinski definition) is 2. The first-order valence-corrected chi connectivity index (χ1v) is 3.74. The Balaban J connectivity index is -0.000000105. The van der Waals surface area contributed by atoms with E-state index >= 15 is 0 Å². The van der Waals surface area contributed by atoms with Crippen LogP contribution in [-0.4, -0.2) is 42.8 Å². The van der Waals surface area contributed by atoms with Crippen molar-refractivity contribution in [1.82, 2.24) is 0 Å². The average Bonchev–Trinajstić information content (AvgIpc) is 1.56. The third-order valence-corrected chi connectivity index (χ3v) is 0. The van der Waals surface area contributed by atoms with Crippen molar-refractivity contribution in [2.75, 3.05) is 0 Å². The molecule has 0 aliphatic carbocycles. The maximum atomic E-state index is 9.67. The van der Waals surface area contributed by atoms with Crippen LogP contribution in [0.25, 0.3) is 0 Å². The van der Waals surface area contributed by atoms with Gasteiger partial charge in [0.1, 0.15) is 0 Å². The van der Waals surface area contributed by atoms with Crippen LogP contribution in [0.15, 0.2) is 11.3 Å². The van der Waals surface area contributed by atoms with Crippen molar-refractivity contribution in [2.24, 2.45) is 0 Å². The molecule has 0 bridgehead atoms. The third kappa shape index (κ3) is 213000. The fraction of sp³-hybridized carbons (Fsp3) is 0. The van der Waals surface area contributed by atoms with E-state index in [0.29, 0.717) is 0 Å². The van der Waals surface area contributed by atoms with Crippen molar-refractivity contribution in [3.8, 4) is 0 Å². The van der Waals surface area contributed by atoms with Crippen molar-refractivity contribution in [2.45, 2.75) is 0 Å². The van der Waals surface area contributed by atoms with E-state index in [1.807, 2.05) is 17.7 Å². The standard InChI is InChI=1S/C2H3.BF3.Li.H2O4S/c1-2;2-1(3)4;;1-5(2,3)4/h1H,2H2;;;(H2,1,2,3,4). The van der Waals surface area contributed by atoms with Gasteiger partial charge in [0.25, 0.3) is 0 Å². The van der Waals surface area contributed by atoms with Crippen LogP contribution in [0.2, 0.25) is 0 Å². The summed E-state index contributed by atoms with van der Waals surface area (Å²) in [7, 11) is -8.33. The van der Waals surface area contributed by atoms with Gasteiger partial charge in [-0.15, -0.1) is 0 Å². The molecule has 0 aromatic carbocycles. The fourth-order valence-electron chi connectivity index (χ4n) is 0. The third-order valence-electron chi connectivity index (χ3n) is 0. The van der Waals surface area contributed by atoms with E-state index in [1.165, 1.54) is 0 Å². The zero-order valence-corrected chi connectivity index (χ0v) is 6.93. The Hall–Kier alpha value is 0.0623. The Morgan fingerprint density at radius 3 is 1.33 bits per heavy atom. The van der Waals surface area contributed by atoms with Gasteiger partial charge in [0.2, 0.25) is 0 Å². The molecule has 0 fully saturated rings. The molecule has 0 saturated carbocycles. The van der Waals surface area contributed by atoms with Gasteiger partial charge >= 0.3 is 47.0 Å². The monoisotopic (exact) mass is 200 g/mol. The predicted octanol–water partition coefficient (Wildman–Crippen LogP) is 0.525. The summed E-state index contributed by atoms with van der Waals surface area (Å²) < 4.78 is 62.3. The van der Waals surface area contributed by atoms with Gasteiger partial charge in [-0.25, -0.2) is 0 Å². The molecule has 0 aliphatic heterocycles. The summed E-state index contributed by atoms with van der Waals surface area (Å²) in [5.41, 5.74) is 0. The second-order valence-corrected chi connectivity index (χ2v) is 2.00. The topological polar surface area (TPSA) is 74.6 Å². The van der Waals surface area contributed by atoms with Crippen LogP contribution in [-0.2, 0) is 10.4 Å². The molecule has 0 spiro atoms. The van der Waals surface area contributed by atoms with Crippen LogP contribution in [0.3, 0.4) is 0 Å². The van der Waals surface area contributed by atoms with Crippen molar-refractivity contribution in [1.29, 1.82) is 0 Å². The van der Waals surface area contributed by atoms with E-state index in [0.717, 1.165) is 0 Å². The van der Waals surface area contributed by atoms with E-state index < -0.39 is 17.9 Å². The van der Waals surface area contributed by atoms with E-state index in [1.54, 1.807) is 4.75 Å². The normalized spacial score (nSPS) is 8.25. The zero-order valence-electron chi connectivity index (χ0n) is 6.11. The summed E-state index contributed by atoms with van der Waals surface area (Å²) in [5.74, 6) is 0. The van der Waals surface area contributed by atoms with Crippen molar-refractivity contribution in [3.05, 3.63) is 11.3 Å². The van der Waals surface area contributed by atoms with Gasteiger partial charge in [-0.05, 0) is 0 Å². The van der Waals surface area contributed by atoms with E-state index in [4.69, 9.17) is 17.5 Å². The summed E-state index contributed by atoms with van der Waals surface area (Å²) >= 11 is 1.89. The van der Waals surface area contributed by atoms with Crippen molar-refractivity contribution < 1.29 is 30.5 Å². The molecule has 2 N–H and O–H groups in total. The molecule has 0 rings (SSSR count). The van der Waals surface area contributed by atoms with Crippen LogP contribution < -0.4 is 0 Å². The van der Waals surface area contributed by atoms with Gasteiger partial charge in [-0.1, -0.05) is 0 Å². The predicted molar refractivity (Wildman–Crippen MR) is 39.2 cm³/mol. The van der Waals surface area contributed by atoms with E-state index in [-0.39, 0.29) is 0 Å². The summed E-state index contributed by atoms with van der Waals surface area (Å²) in [6.07, 6.45) is 0. The van der Waals surface area contributed by atoms with Gasteiger partial charge in [0.15, 0.2) is 0 Å². The Labute approximate surface area is 77.8 Å². The Bertz CT molecular complexity index is 172. The molecule has 0 unspecified atom stereocenters. The first kappa shape index (κ1) is 18.0. The first-order valence-electron chi connectivity index (χ1n) is 2.34. The molecule has 0 heterocycles. The molecule has 0 aliphatic rings. The molecule has 0 aromatic rings. The Kier molecular flexibility index (Phi) is 16.6. The molecule has 0 saturated heterocycles. The quantitative estimate of drug-likeness (QED) is 0.441. The second kappa shape index (κ2) is 11.1. The molecule has 0 aromatic heterocycles. The minimum atomic E-state index is -4.67. The summed E-state index contributed by atoms with van der Waals surface area (Å²) in [4.78, 5) is 0. The SMILES string of the molecule is FB(F)F.O=S(=O)(O)O.[Li][CH]=C. The summed E-state index contributed by atoms with van der Waals surface area (Å²) in [5, 5.41) is 0. The van der Waals surface area contributed by atoms with E-state index in [9.17, 15) is 12.9 Å². The van der Waals surface area contributed by atoms with Crippen LogP contribution in [0.4, 0.5) is 12.9 Å². The molecule has 68 valence electrons. The Morgan fingerprint density at radius 1 is 1.33 bits per heavy atom. The number of halogens is 3. The second-order valence-electron chi connectivity index (χ2n) is 1.10. The van der Waals surface area contributed by atoms with Crippen LogP contribution >= 0.6 is 0 Å². The summed E-state index contributed by atoms with van der Waals surface area (Å²) in [6.45, 7) is 3.36. The maximum absolute atomic E-state index is 9.67. The Morgan fingerprint density at radius 2 is 1.33 bits per heavy atom. The van der Waals surface area contributed by atoms with Gasteiger partial charge in [0, 0.05) is 0 Å². The molecule has 4 nitrogen and oxygen atoms in total. The molecule has 0 atom stereocenters. The molecule has 0 radical (unpaired) electrons. The van der Waals surface area contributed by atoms with Crippen LogP contribution in [0.5, 0.6) is 0 Å². The molecular weight excluding hydrogens is 195 g/mol.